The van der Waals surface area contributed by atoms with Gasteiger partial charge >= 0.3 is 0 Å². The minimum absolute atomic E-state index is 0.165. The van der Waals surface area contributed by atoms with Crippen LogP contribution in [0.15, 0.2) is 10.7 Å². The second-order valence-corrected chi connectivity index (χ2v) is 5.45. The molecule has 0 atom stereocenters. The minimum Gasteiger partial charge on any atom is -0.338 e. The standard InChI is InChI=1S/C12H18N6O/c1-8-2-4-12(7-13,5-3-8)11-15-10(17-19-11)9-6-14-18-16-9/h6,8H,2-5,7,13H2,1H3,(H,14,16,18). The van der Waals surface area contributed by atoms with Crippen molar-refractivity contribution in [1.29, 1.82) is 0 Å². The average molecular weight is 262 g/mol. The van der Waals surface area contributed by atoms with Gasteiger partial charge in [0.05, 0.1) is 11.6 Å². The molecule has 2 heterocycles. The molecule has 3 rings (SSSR count). The van der Waals surface area contributed by atoms with Crippen molar-refractivity contribution in [2.45, 2.75) is 38.0 Å². The third-order valence-corrected chi connectivity index (χ3v) is 4.15. The van der Waals surface area contributed by atoms with Gasteiger partial charge in [-0.1, -0.05) is 12.1 Å². The molecule has 1 aliphatic carbocycles. The van der Waals surface area contributed by atoms with Gasteiger partial charge in [-0.05, 0) is 31.6 Å². The summed E-state index contributed by atoms with van der Waals surface area (Å²) >= 11 is 0. The Balaban J connectivity index is 1.88. The number of H-pyrrole nitrogens is 1. The van der Waals surface area contributed by atoms with Crippen molar-refractivity contribution in [3.05, 3.63) is 12.1 Å². The van der Waals surface area contributed by atoms with Crippen molar-refractivity contribution in [1.82, 2.24) is 25.6 Å². The molecule has 3 N–H and O–H groups in total. The first-order valence-electron chi connectivity index (χ1n) is 6.64. The zero-order chi connectivity index (χ0) is 13.3. The Morgan fingerprint density at radius 1 is 1.47 bits per heavy atom. The van der Waals surface area contributed by atoms with Gasteiger partial charge in [-0.15, -0.1) is 0 Å². The summed E-state index contributed by atoms with van der Waals surface area (Å²) in [6.45, 7) is 2.81. The molecule has 0 radical (unpaired) electrons. The molecule has 0 saturated heterocycles. The van der Waals surface area contributed by atoms with Crippen LogP contribution in [0.3, 0.4) is 0 Å². The second kappa shape index (κ2) is 4.73. The molecule has 2 aromatic heterocycles. The fourth-order valence-corrected chi connectivity index (χ4v) is 2.67. The van der Waals surface area contributed by atoms with Crippen molar-refractivity contribution in [2.24, 2.45) is 11.7 Å². The van der Waals surface area contributed by atoms with Crippen molar-refractivity contribution in [3.63, 3.8) is 0 Å². The van der Waals surface area contributed by atoms with E-state index < -0.39 is 0 Å². The molecule has 0 aliphatic heterocycles. The first kappa shape index (κ1) is 12.3. The first-order valence-corrected chi connectivity index (χ1v) is 6.64. The van der Waals surface area contributed by atoms with Crippen LogP contribution in [0.25, 0.3) is 11.5 Å². The molecule has 1 aliphatic rings. The maximum absolute atomic E-state index is 5.98. The van der Waals surface area contributed by atoms with Crippen LogP contribution in [0.1, 0.15) is 38.5 Å². The number of hydrogen-bond donors (Lipinski definition) is 2. The topological polar surface area (TPSA) is 107 Å². The van der Waals surface area contributed by atoms with Crippen LogP contribution in [0, 0.1) is 5.92 Å². The van der Waals surface area contributed by atoms with Gasteiger partial charge in [0.15, 0.2) is 5.69 Å². The molecule has 0 amide bonds. The predicted molar refractivity (Wildman–Crippen MR) is 68.0 cm³/mol. The summed E-state index contributed by atoms with van der Waals surface area (Å²) in [5, 5.41) is 14.2. The van der Waals surface area contributed by atoms with Crippen LogP contribution >= 0.6 is 0 Å². The molecule has 102 valence electrons. The molecule has 1 fully saturated rings. The fourth-order valence-electron chi connectivity index (χ4n) is 2.67. The lowest BCUT2D eigenvalue weighted by Crippen LogP contribution is -2.39. The van der Waals surface area contributed by atoms with Crippen LogP contribution in [0.5, 0.6) is 0 Å². The highest BCUT2D eigenvalue weighted by molar-refractivity contribution is 5.45. The van der Waals surface area contributed by atoms with Crippen molar-refractivity contribution < 1.29 is 4.52 Å². The Bertz CT molecular complexity index is 526. The third-order valence-electron chi connectivity index (χ3n) is 4.15. The van der Waals surface area contributed by atoms with Crippen LogP contribution in [-0.2, 0) is 5.41 Å². The Kier molecular flexibility index (Phi) is 3.06. The monoisotopic (exact) mass is 262 g/mol. The number of aromatic nitrogens is 5. The first-order chi connectivity index (χ1) is 9.23. The van der Waals surface area contributed by atoms with Gasteiger partial charge < -0.3 is 10.3 Å². The van der Waals surface area contributed by atoms with Gasteiger partial charge in [0.25, 0.3) is 0 Å². The molecule has 7 heteroatoms. The van der Waals surface area contributed by atoms with Crippen molar-refractivity contribution in [3.8, 4) is 11.5 Å². The highest BCUT2D eigenvalue weighted by Crippen LogP contribution is 2.40. The lowest BCUT2D eigenvalue weighted by Gasteiger charge is -2.35. The maximum Gasteiger partial charge on any atom is 0.234 e. The molecule has 7 nitrogen and oxygen atoms in total. The van der Waals surface area contributed by atoms with E-state index in [0.29, 0.717) is 24.0 Å². The summed E-state index contributed by atoms with van der Waals surface area (Å²) in [4.78, 5) is 4.46. The number of rotatable bonds is 3. The summed E-state index contributed by atoms with van der Waals surface area (Å²) in [6, 6.07) is 0. The quantitative estimate of drug-likeness (QED) is 0.862. The summed E-state index contributed by atoms with van der Waals surface area (Å²) in [5.74, 6) is 1.85. The van der Waals surface area contributed by atoms with E-state index in [-0.39, 0.29) is 5.41 Å². The van der Waals surface area contributed by atoms with E-state index in [4.69, 9.17) is 10.3 Å². The summed E-state index contributed by atoms with van der Waals surface area (Å²) < 4.78 is 5.43. The molecule has 19 heavy (non-hydrogen) atoms. The lowest BCUT2D eigenvalue weighted by molar-refractivity contribution is 0.191. The smallest absolute Gasteiger partial charge is 0.234 e. The minimum atomic E-state index is -0.165. The third kappa shape index (κ3) is 2.14. The average Bonchev–Trinajstić information content (AvgIpc) is 3.11. The molecule has 2 aromatic rings. The Labute approximate surface area is 111 Å². The molecular formula is C12H18N6O. The van der Waals surface area contributed by atoms with Gasteiger partial charge in [-0.2, -0.15) is 20.4 Å². The van der Waals surface area contributed by atoms with E-state index in [1.807, 2.05) is 0 Å². The van der Waals surface area contributed by atoms with Gasteiger partial charge in [0, 0.05) is 6.54 Å². The van der Waals surface area contributed by atoms with Crippen molar-refractivity contribution >= 4 is 0 Å². The SMILES string of the molecule is CC1CCC(CN)(c2nc(-c3cn[nH]n3)no2)CC1. The highest BCUT2D eigenvalue weighted by atomic mass is 16.5. The predicted octanol–water partition coefficient (Wildman–Crippen LogP) is 1.26. The van der Waals surface area contributed by atoms with E-state index in [2.05, 4.69) is 32.5 Å². The van der Waals surface area contributed by atoms with E-state index >= 15 is 0 Å². The van der Waals surface area contributed by atoms with Gasteiger partial charge in [0.2, 0.25) is 11.7 Å². The van der Waals surface area contributed by atoms with Crippen LogP contribution < -0.4 is 5.73 Å². The van der Waals surface area contributed by atoms with E-state index in [0.717, 1.165) is 31.6 Å². The number of hydrogen-bond acceptors (Lipinski definition) is 6. The number of nitrogens with zero attached hydrogens (tertiary/aromatic N) is 4. The number of aromatic amines is 1. The highest BCUT2D eigenvalue weighted by Gasteiger charge is 2.39. The Hall–Kier alpha value is -1.76. The molecule has 0 bridgehead atoms. The van der Waals surface area contributed by atoms with Gasteiger partial charge in [-0.25, -0.2) is 0 Å². The van der Waals surface area contributed by atoms with Crippen LogP contribution in [0.2, 0.25) is 0 Å². The van der Waals surface area contributed by atoms with E-state index in [1.165, 1.54) is 0 Å². The van der Waals surface area contributed by atoms with E-state index in [1.54, 1.807) is 6.20 Å². The summed E-state index contributed by atoms with van der Waals surface area (Å²) in [6.07, 6.45) is 5.89. The van der Waals surface area contributed by atoms with E-state index in [9.17, 15) is 0 Å². The Morgan fingerprint density at radius 3 is 2.89 bits per heavy atom. The second-order valence-electron chi connectivity index (χ2n) is 5.45. The molecular weight excluding hydrogens is 244 g/mol. The normalized spacial score (nSPS) is 27.6. The largest absolute Gasteiger partial charge is 0.338 e. The fraction of sp³-hybridized carbons (Fsp3) is 0.667. The Morgan fingerprint density at radius 2 is 2.26 bits per heavy atom. The van der Waals surface area contributed by atoms with Gasteiger partial charge in [-0.3, -0.25) is 0 Å². The molecule has 1 saturated carbocycles. The molecule has 0 aromatic carbocycles. The molecule has 0 unspecified atom stereocenters. The molecule has 0 spiro atoms. The summed E-state index contributed by atoms with van der Waals surface area (Å²) in [5.41, 5.74) is 6.41. The van der Waals surface area contributed by atoms with Gasteiger partial charge in [0.1, 0.15) is 0 Å². The zero-order valence-corrected chi connectivity index (χ0v) is 11.0. The number of nitrogens with one attached hydrogen (secondary N) is 1. The van der Waals surface area contributed by atoms with Crippen LogP contribution in [-0.4, -0.2) is 32.1 Å². The summed E-state index contributed by atoms with van der Waals surface area (Å²) in [7, 11) is 0. The van der Waals surface area contributed by atoms with Crippen LogP contribution in [0.4, 0.5) is 0 Å². The van der Waals surface area contributed by atoms with Crippen molar-refractivity contribution in [2.75, 3.05) is 6.54 Å². The number of nitrogens with two attached hydrogens (primary N) is 1. The lowest BCUT2D eigenvalue weighted by atomic mass is 9.71. The maximum atomic E-state index is 5.98. The zero-order valence-electron chi connectivity index (χ0n) is 11.0.